The van der Waals surface area contributed by atoms with E-state index in [4.69, 9.17) is 4.74 Å². The molecule has 0 aromatic heterocycles. The van der Waals surface area contributed by atoms with Crippen molar-refractivity contribution < 1.29 is 9.53 Å². The Morgan fingerprint density at radius 2 is 2.00 bits per heavy atom. The molecule has 0 radical (unpaired) electrons. The van der Waals surface area contributed by atoms with E-state index in [1.54, 1.807) is 0 Å². The number of ether oxygens (including phenoxy) is 1. The molecule has 1 aliphatic rings. The normalized spacial score (nSPS) is 21.0. The Balaban J connectivity index is 2.04. The van der Waals surface area contributed by atoms with Gasteiger partial charge in [0.15, 0.2) is 0 Å². The van der Waals surface area contributed by atoms with E-state index < -0.39 is 0 Å². The second-order valence-corrected chi connectivity index (χ2v) is 7.29. The molecule has 0 amide bonds. The van der Waals surface area contributed by atoms with Gasteiger partial charge >= 0.3 is 5.97 Å². The fraction of sp³-hybridized carbons (Fsp3) is 0.722. The second kappa shape index (κ2) is 12.2. The van der Waals surface area contributed by atoms with Gasteiger partial charge < -0.3 is 4.74 Å². The monoisotopic (exact) mass is 404 g/mol. The van der Waals surface area contributed by atoms with Crippen LogP contribution in [-0.2, 0) is 9.53 Å². The summed E-state index contributed by atoms with van der Waals surface area (Å²) in [6.45, 7) is 2.24. The van der Waals surface area contributed by atoms with Gasteiger partial charge in [-0.3, -0.25) is 4.79 Å². The molecule has 0 N–H and O–H groups in total. The van der Waals surface area contributed by atoms with E-state index in [2.05, 4.69) is 53.8 Å². The number of halogens is 1. The lowest BCUT2D eigenvalue weighted by Crippen LogP contribution is -2.30. The Hall–Kier alpha value is -0.320. The molecule has 1 heterocycles. The van der Waals surface area contributed by atoms with Crippen molar-refractivity contribution in [1.29, 1.82) is 0 Å². The number of carbonyl (C=O) groups excluding carboxylic acids is 1. The van der Waals surface area contributed by atoms with Gasteiger partial charge in [0.05, 0.1) is 0 Å². The zero-order valence-corrected chi connectivity index (χ0v) is 15.4. The topological polar surface area (TPSA) is 26.3 Å². The Bertz CT molecular complexity index is 336. The van der Waals surface area contributed by atoms with Crippen LogP contribution in [0, 0.1) is 0 Å². The standard InChI is InChI=1S/C18H29IO2/c1-2-3-4-5-6-7-8-9-10-11-13-16(19)17-14-12-15-18(20)21-17/h6-7,9-10,16-17H,2-5,8,11-15H2,1H3/b7-6-,10-9-. The lowest BCUT2D eigenvalue weighted by atomic mass is 10.0. The molecule has 120 valence electrons. The fourth-order valence-electron chi connectivity index (χ4n) is 2.45. The van der Waals surface area contributed by atoms with Crippen LogP contribution in [0.1, 0.15) is 71.1 Å². The van der Waals surface area contributed by atoms with Crippen LogP contribution in [0.3, 0.4) is 0 Å². The third kappa shape index (κ3) is 9.33. The molecule has 0 aliphatic carbocycles. The molecule has 0 spiro atoms. The SMILES string of the molecule is CCCCC/C=C\C/C=C\CCC(I)C1CCCC(=O)O1. The highest BCUT2D eigenvalue weighted by Crippen LogP contribution is 2.25. The van der Waals surface area contributed by atoms with E-state index in [0.29, 0.717) is 10.3 Å². The predicted octanol–water partition coefficient (Wildman–Crippen LogP) is 5.75. The molecule has 0 bridgehead atoms. The Morgan fingerprint density at radius 1 is 1.24 bits per heavy atom. The zero-order valence-electron chi connectivity index (χ0n) is 13.2. The van der Waals surface area contributed by atoms with E-state index in [9.17, 15) is 4.79 Å². The molecule has 3 heteroatoms. The average molecular weight is 404 g/mol. The number of allylic oxidation sites excluding steroid dienone is 4. The van der Waals surface area contributed by atoms with Gasteiger partial charge in [-0.2, -0.15) is 0 Å². The van der Waals surface area contributed by atoms with Crippen LogP contribution in [0.5, 0.6) is 0 Å². The number of hydrogen-bond donors (Lipinski definition) is 0. The van der Waals surface area contributed by atoms with Crippen LogP contribution < -0.4 is 0 Å². The van der Waals surface area contributed by atoms with Gasteiger partial charge in [0.25, 0.3) is 0 Å². The van der Waals surface area contributed by atoms with Gasteiger partial charge in [-0.15, -0.1) is 0 Å². The van der Waals surface area contributed by atoms with E-state index in [-0.39, 0.29) is 12.1 Å². The lowest BCUT2D eigenvalue weighted by molar-refractivity contribution is -0.153. The van der Waals surface area contributed by atoms with Crippen molar-refractivity contribution >= 4 is 28.6 Å². The summed E-state index contributed by atoms with van der Waals surface area (Å²) in [5.74, 6) is -0.0170. The molecular formula is C18H29IO2. The minimum absolute atomic E-state index is 0.0170. The summed E-state index contributed by atoms with van der Waals surface area (Å²) in [6.07, 6.45) is 20.2. The molecule has 1 rings (SSSR count). The summed E-state index contributed by atoms with van der Waals surface area (Å²) in [4.78, 5) is 11.3. The van der Waals surface area contributed by atoms with E-state index in [1.165, 1.54) is 25.7 Å². The molecule has 1 fully saturated rings. The molecule has 2 atom stereocenters. The van der Waals surface area contributed by atoms with Crippen LogP contribution >= 0.6 is 22.6 Å². The van der Waals surface area contributed by atoms with Gasteiger partial charge in [-0.25, -0.2) is 0 Å². The highest BCUT2D eigenvalue weighted by atomic mass is 127. The van der Waals surface area contributed by atoms with Gasteiger partial charge in [0.1, 0.15) is 6.10 Å². The number of carbonyl (C=O) groups is 1. The first-order chi connectivity index (χ1) is 10.2. The van der Waals surface area contributed by atoms with Crippen molar-refractivity contribution in [2.45, 2.75) is 81.2 Å². The van der Waals surface area contributed by atoms with Gasteiger partial charge in [0, 0.05) is 10.3 Å². The molecule has 0 saturated carbocycles. The van der Waals surface area contributed by atoms with Crippen LogP contribution in [0.25, 0.3) is 0 Å². The minimum Gasteiger partial charge on any atom is -0.461 e. The third-order valence-electron chi connectivity index (χ3n) is 3.74. The molecule has 0 aromatic carbocycles. The maximum atomic E-state index is 11.3. The first-order valence-corrected chi connectivity index (χ1v) is 9.62. The molecular weight excluding hydrogens is 375 g/mol. The fourth-order valence-corrected chi connectivity index (χ4v) is 3.32. The summed E-state index contributed by atoms with van der Waals surface area (Å²) in [5.41, 5.74) is 0. The van der Waals surface area contributed by atoms with Crippen LogP contribution in [0.15, 0.2) is 24.3 Å². The van der Waals surface area contributed by atoms with Crippen molar-refractivity contribution in [3.05, 3.63) is 24.3 Å². The third-order valence-corrected chi connectivity index (χ3v) is 5.17. The van der Waals surface area contributed by atoms with Gasteiger partial charge in [-0.05, 0) is 44.9 Å². The Kier molecular flexibility index (Phi) is 10.9. The number of unbranched alkanes of at least 4 members (excludes halogenated alkanes) is 3. The molecule has 1 saturated heterocycles. The molecule has 0 aromatic rings. The number of cyclic esters (lactones) is 1. The van der Waals surface area contributed by atoms with Crippen LogP contribution in [0.4, 0.5) is 0 Å². The highest BCUT2D eigenvalue weighted by Gasteiger charge is 2.25. The Labute approximate surface area is 143 Å². The quantitative estimate of drug-likeness (QED) is 0.152. The molecule has 1 aliphatic heterocycles. The number of hydrogen-bond acceptors (Lipinski definition) is 2. The Morgan fingerprint density at radius 3 is 2.71 bits per heavy atom. The summed E-state index contributed by atoms with van der Waals surface area (Å²) < 4.78 is 5.85. The summed E-state index contributed by atoms with van der Waals surface area (Å²) >= 11 is 2.43. The maximum Gasteiger partial charge on any atom is 0.306 e. The molecule has 21 heavy (non-hydrogen) atoms. The number of esters is 1. The van der Waals surface area contributed by atoms with Crippen LogP contribution in [-0.4, -0.2) is 16.0 Å². The van der Waals surface area contributed by atoms with Gasteiger partial charge in [-0.1, -0.05) is 66.7 Å². The summed E-state index contributed by atoms with van der Waals surface area (Å²) in [5, 5.41) is 0. The van der Waals surface area contributed by atoms with Crippen molar-refractivity contribution in [2.24, 2.45) is 0 Å². The van der Waals surface area contributed by atoms with E-state index in [1.807, 2.05) is 0 Å². The number of rotatable bonds is 10. The first-order valence-electron chi connectivity index (χ1n) is 8.37. The van der Waals surface area contributed by atoms with Crippen molar-refractivity contribution in [3.63, 3.8) is 0 Å². The minimum atomic E-state index is -0.0170. The lowest BCUT2D eigenvalue weighted by Gasteiger charge is -2.26. The summed E-state index contributed by atoms with van der Waals surface area (Å²) in [7, 11) is 0. The number of alkyl halides is 1. The molecule has 2 nitrogen and oxygen atoms in total. The van der Waals surface area contributed by atoms with Crippen LogP contribution in [0.2, 0.25) is 0 Å². The van der Waals surface area contributed by atoms with Crippen molar-refractivity contribution in [1.82, 2.24) is 0 Å². The highest BCUT2D eigenvalue weighted by molar-refractivity contribution is 14.1. The maximum absolute atomic E-state index is 11.3. The predicted molar refractivity (Wildman–Crippen MR) is 97.8 cm³/mol. The van der Waals surface area contributed by atoms with E-state index in [0.717, 1.165) is 32.1 Å². The summed E-state index contributed by atoms with van der Waals surface area (Å²) in [6, 6.07) is 0. The first kappa shape index (κ1) is 18.7. The average Bonchev–Trinajstić information content (AvgIpc) is 2.49. The van der Waals surface area contributed by atoms with E-state index >= 15 is 0 Å². The largest absolute Gasteiger partial charge is 0.461 e. The second-order valence-electron chi connectivity index (χ2n) is 5.69. The molecule has 2 unspecified atom stereocenters. The van der Waals surface area contributed by atoms with Crippen molar-refractivity contribution in [3.8, 4) is 0 Å². The van der Waals surface area contributed by atoms with Gasteiger partial charge in [0.2, 0.25) is 0 Å². The smallest absolute Gasteiger partial charge is 0.306 e. The van der Waals surface area contributed by atoms with Crippen molar-refractivity contribution in [2.75, 3.05) is 0 Å². The zero-order chi connectivity index (χ0) is 15.3.